The van der Waals surface area contributed by atoms with Crippen molar-refractivity contribution in [1.29, 1.82) is 0 Å². The van der Waals surface area contributed by atoms with E-state index in [4.69, 9.17) is 39.0 Å². The predicted octanol–water partition coefficient (Wildman–Crippen LogP) is 1.49. The second-order valence-electron chi connectivity index (χ2n) is 10.0. The van der Waals surface area contributed by atoms with E-state index in [-0.39, 0.29) is 34.1 Å². The maximum Gasteiger partial charge on any atom is 0.386 e. The normalized spacial score (nSPS) is 37.7. The van der Waals surface area contributed by atoms with Crippen molar-refractivity contribution in [2.45, 2.75) is 49.2 Å². The van der Waals surface area contributed by atoms with Gasteiger partial charge in [-0.25, -0.2) is 37.8 Å². The van der Waals surface area contributed by atoms with Crippen LogP contribution in [-0.2, 0) is 36.7 Å². The summed E-state index contributed by atoms with van der Waals surface area (Å²) in [6, 6.07) is 0. The van der Waals surface area contributed by atoms with Gasteiger partial charge in [-0.3, -0.25) is 37.0 Å². The molecule has 7 heterocycles. The van der Waals surface area contributed by atoms with E-state index in [1.165, 1.54) is 10.9 Å². The standard InChI is InChI=1S/C20H22F2N10O9P2S2/c21-8-12-6(38-18(8)31-4-27-10-14(23)25-3-26-15(10)31)1-36-43(35,45)41-13-7(2-37-42(34,44)40-12)39-19(9(13)22)32-5-28-11-16(32)29-20(24)30-17(11)33/h3-9,12-13,18-19H,1-2H2,(H,34,44)(H,35,45)(H2,23,25,26)(H3,24,29,30,33)/t6?,7-,8-,9-,12-,13-,18-,19-,42-,43-/m1/s1. The first-order valence-electron chi connectivity index (χ1n) is 12.9. The van der Waals surface area contributed by atoms with Crippen LogP contribution in [0.1, 0.15) is 12.5 Å². The first-order valence-corrected chi connectivity index (χ1v) is 18.3. The number of fused-ring (bicyclic) bond motifs is 4. The highest BCUT2D eigenvalue weighted by molar-refractivity contribution is 8.44. The number of nitrogens with two attached hydrogens (primary N) is 2. The minimum Gasteiger partial charge on any atom is -0.382 e. The Bertz CT molecular complexity index is 1950. The molecule has 0 aromatic carbocycles. The number of nitrogens with one attached hydrogen (secondary N) is 1. The van der Waals surface area contributed by atoms with Crippen LogP contribution in [0.5, 0.6) is 0 Å². The van der Waals surface area contributed by atoms with Gasteiger partial charge >= 0.3 is 13.6 Å². The molecule has 0 amide bonds. The van der Waals surface area contributed by atoms with Crippen molar-refractivity contribution in [2.75, 3.05) is 24.7 Å². The van der Waals surface area contributed by atoms with E-state index in [2.05, 4.69) is 54.4 Å². The van der Waals surface area contributed by atoms with Crippen molar-refractivity contribution in [2.24, 2.45) is 0 Å². The molecular weight excluding hydrogens is 688 g/mol. The molecule has 0 spiro atoms. The zero-order chi connectivity index (χ0) is 31.8. The Morgan fingerprint density at radius 3 is 1.96 bits per heavy atom. The van der Waals surface area contributed by atoms with Gasteiger partial charge in [0.1, 0.15) is 36.3 Å². The van der Waals surface area contributed by atoms with Gasteiger partial charge in [0.2, 0.25) is 5.95 Å². The zero-order valence-electron chi connectivity index (χ0n) is 22.3. The van der Waals surface area contributed by atoms with Gasteiger partial charge in [-0.15, -0.1) is 0 Å². The molecule has 0 aliphatic carbocycles. The number of hydrogen-bond acceptors (Lipinski definition) is 16. The van der Waals surface area contributed by atoms with Crippen LogP contribution in [0.15, 0.2) is 23.8 Å². The first kappa shape index (κ1) is 30.9. The highest BCUT2D eigenvalue weighted by Gasteiger charge is 2.54. The predicted molar refractivity (Wildman–Crippen MR) is 155 cm³/mol. The topological polar surface area (TPSA) is 249 Å². The number of aromatic amines is 1. The number of nitrogen functional groups attached to an aromatic ring is 2. The SMILES string of the molecule is Nc1nc2c(ncn2[C@@H]2O[C@@H]3CO[P@@](=O)(S)O[C@@H]4C(CO[P@@](=O)(S)O[C@H]3[C@H]2F)O[C@@H](n2cnc3c(N)ncnc32)[C@@H]4F)c(=O)[nH]1. The summed E-state index contributed by atoms with van der Waals surface area (Å²) in [6.45, 7) is -10.3. The van der Waals surface area contributed by atoms with E-state index in [9.17, 15) is 13.9 Å². The van der Waals surface area contributed by atoms with Gasteiger partial charge in [0.15, 0.2) is 47.4 Å². The van der Waals surface area contributed by atoms with E-state index < -0.39 is 81.6 Å². The summed E-state index contributed by atoms with van der Waals surface area (Å²) < 4.78 is 94.2. The molecule has 0 saturated carbocycles. The fraction of sp³-hybridized carbons (Fsp3) is 0.500. The van der Waals surface area contributed by atoms with Crippen molar-refractivity contribution >= 4 is 72.2 Å². The number of anilines is 2. The lowest BCUT2D eigenvalue weighted by molar-refractivity contribution is -0.0544. The van der Waals surface area contributed by atoms with Crippen LogP contribution in [0.2, 0.25) is 0 Å². The molecule has 7 rings (SSSR count). The molecule has 3 fully saturated rings. The lowest BCUT2D eigenvalue weighted by atomic mass is 10.1. The third-order valence-corrected chi connectivity index (χ3v) is 10.5. The summed E-state index contributed by atoms with van der Waals surface area (Å²) >= 11 is 7.94. The van der Waals surface area contributed by atoms with Gasteiger partial charge in [-0.05, 0) is 0 Å². The van der Waals surface area contributed by atoms with Gasteiger partial charge in [0.05, 0.1) is 25.9 Å². The fourth-order valence-corrected chi connectivity index (χ4v) is 8.21. The summed E-state index contributed by atoms with van der Waals surface area (Å²) in [5, 5.41) is 0. The van der Waals surface area contributed by atoms with Gasteiger partial charge in [-0.2, -0.15) is 4.98 Å². The van der Waals surface area contributed by atoms with Crippen LogP contribution in [0.25, 0.3) is 22.3 Å². The number of alkyl halides is 2. The van der Waals surface area contributed by atoms with Crippen molar-refractivity contribution in [3.05, 3.63) is 29.3 Å². The number of halogens is 2. The van der Waals surface area contributed by atoms with Crippen molar-refractivity contribution in [3.8, 4) is 0 Å². The molecule has 4 aromatic heterocycles. The number of imidazole rings is 2. The molecule has 5 N–H and O–H groups in total. The van der Waals surface area contributed by atoms with Crippen LogP contribution in [0.4, 0.5) is 20.5 Å². The van der Waals surface area contributed by atoms with Gasteiger partial charge in [0.25, 0.3) is 5.56 Å². The summed E-state index contributed by atoms with van der Waals surface area (Å²) in [6.07, 6.45) is -9.92. The number of H-pyrrole nitrogens is 1. The smallest absolute Gasteiger partial charge is 0.382 e. The molecule has 0 radical (unpaired) electrons. The summed E-state index contributed by atoms with van der Waals surface area (Å²) in [5.41, 5.74) is 10.8. The minimum absolute atomic E-state index is 0.0381. The van der Waals surface area contributed by atoms with Crippen LogP contribution < -0.4 is 17.0 Å². The Morgan fingerprint density at radius 2 is 1.38 bits per heavy atom. The molecule has 3 aliphatic rings. The number of aromatic nitrogens is 8. The monoisotopic (exact) mass is 710 g/mol. The van der Waals surface area contributed by atoms with E-state index in [0.717, 1.165) is 17.2 Å². The Labute approximate surface area is 259 Å². The molecule has 1 unspecified atom stereocenters. The van der Waals surface area contributed by atoms with Gasteiger partial charge < -0.3 is 20.9 Å². The Morgan fingerprint density at radius 1 is 0.844 bits per heavy atom. The summed E-state index contributed by atoms with van der Waals surface area (Å²) in [5.74, 6) is -0.231. The molecule has 19 nitrogen and oxygen atoms in total. The Kier molecular flexibility index (Phi) is 7.70. The quantitative estimate of drug-likeness (QED) is 0.146. The third kappa shape index (κ3) is 5.53. The lowest BCUT2D eigenvalue weighted by Crippen LogP contribution is -2.36. The maximum atomic E-state index is 16.0. The van der Waals surface area contributed by atoms with E-state index in [0.29, 0.717) is 0 Å². The first-order chi connectivity index (χ1) is 21.3. The molecule has 25 heteroatoms. The number of hydrogen-bond donors (Lipinski definition) is 5. The average molecular weight is 711 g/mol. The zero-order valence-corrected chi connectivity index (χ0v) is 25.8. The Hall–Kier alpha value is -2.72. The van der Waals surface area contributed by atoms with Crippen LogP contribution in [0.3, 0.4) is 0 Å². The van der Waals surface area contributed by atoms with Crippen LogP contribution in [0, 0.1) is 0 Å². The van der Waals surface area contributed by atoms with E-state index in [1.54, 1.807) is 0 Å². The third-order valence-electron chi connectivity index (χ3n) is 7.23. The summed E-state index contributed by atoms with van der Waals surface area (Å²) in [4.78, 5) is 34.4. The fourth-order valence-electron chi connectivity index (χ4n) is 5.25. The van der Waals surface area contributed by atoms with Gasteiger partial charge in [0, 0.05) is 0 Å². The van der Waals surface area contributed by atoms with Crippen molar-refractivity contribution in [1.82, 2.24) is 39.0 Å². The highest BCUT2D eigenvalue weighted by atomic mass is 32.7. The molecule has 10 atom stereocenters. The number of rotatable bonds is 2. The molecule has 0 bridgehead atoms. The largest absolute Gasteiger partial charge is 0.386 e. The maximum absolute atomic E-state index is 16.0. The molecule has 3 aliphatic heterocycles. The molecule has 4 aromatic rings. The number of ether oxygens (including phenoxy) is 2. The molecule has 242 valence electrons. The molecule has 45 heavy (non-hydrogen) atoms. The minimum atomic E-state index is -4.44. The molecular formula is C20H22F2N10O9P2S2. The average Bonchev–Trinajstić information content (AvgIpc) is 3.72. The van der Waals surface area contributed by atoms with E-state index >= 15 is 8.78 Å². The number of thiol groups is 2. The molecule has 3 saturated heterocycles. The highest BCUT2D eigenvalue weighted by Crippen LogP contribution is 2.60. The van der Waals surface area contributed by atoms with Crippen molar-refractivity contribution < 1.29 is 45.5 Å². The lowest BCUT2D eigenvalue weighted by Gasteiger charge is -2.28. The number of nitrogens with zero attached hydrogens (tertiary/aromatic N) is 7. The van der Waals surface area contributed by atoms with E-state index in [1.807, 2.05) is 0 Å². The van der Waals surface area contributed by atoms with Crippen LogP contribution in [-0.4, -0.2) is 89.0 Å². The second-order valence-corrected chi connectivity index (χ2v) is 15.8. The van der Waals surface area contributed by atoms with Crippen LogP contribution >= 0.6 is 38.1 Å². The van der Waals surface area contributed by atoms with Gasteiger partial charge in [-0.1, -0.05) is 24.5 Å². The Balaban J connectivity index is 1.17. The summed E-state index contributed by atoms with van der Waals surface area (Å²) in [7, 11) is 0. The van der Waals surface area contributed by atoms with Crippen molar-refractivity contribution in [3.63, 3.8) is 0 Å². The second kappa shape index (κ2) is 11.2.